The maximum Gasteiger partial charge on any atom is 0.117 e. The fraction of sp³-hybridized carbons (Fsp3) is 0.467. The minimum absolute atomic E-state index is 0.322. The monoisotopic (exact) mass is 306 g/mol. The minimum Gasteiger partial charge on any atom is -0.386 e. The number of nitrogens with one attached hydrogen (secondary N) is 1. The predicted molar refractivity (Wildman–Crippen MR) is 82.7 cm³/mol. The summed E-state index contributed by atoms with van der Waals surface area (Å²) >= 11 is 1.60. The third-order valence-corrected chi connectivity index (χ3v) is 4.79. The Hall–Kier alpha value is -1.21. The van der Waals surface area contributed by atoms with Gasteiger partial charge in [-0.15, -0.1) is 11.8 Å². The third-order valence-electron chi connectivity index (χ3n) is 3.64. The Bertz CT molecular complexity index is 585. The van der Waals surface area contributed by atoms with Gasteiger partial charge in [0.25, 0.3) is 0 Å². The lowest BCUT2D eigenvalue weighted by Gasteiger charge is -2.25. The van der Waals surface area contributed by atoms with Crippen LogP contribution in [-0.2, 0) is 4.74 Å². The van der Waals surface area contributed by atoms with Crippen molar-refractivity contribution in [3.05, 3.63) is 30.6 Å². The number of fused-ring (bicyclic) bond motifs is 1. The summed E-state index contributed by atoms with van der Waals surface area (Å²) in [4.78, 5) is 10.0. The maximum atomic E-state index is 10.2. The first-order chi connectivity index (χ1) is 10.3. The lowest BCUT2D eigenvalue weighted by atomic mass is 10.2. The van der Waals surface area contributed by atoms with Crippen LogP contribution in [0.25, 0.3) is 10.9 Å². The molecule has 0 spiro atoms. The van der Waals surface area contributed by atoms with E-state index in [2.05, 4.69) is 9.97 Å². The van der Waals surface area contributed by atoms with Crippen LogP contribution in [0.4, 0.5) is 0 Å². The molecule has 1 atom stereocenters. The SMILES string of the molecule is O[C@@H](CSc1ncnc2ccccc12)C[NH+]1CCOCC1. The fourth-order valence-corrected chi connectivity index (χ4v) is 3.44. The van der Waals surface area contributed by atoms with E-state index in [1.807, 2.05) is 24.3 Å². The van der Waals surface area contributed by atoms with Gasteiger partial charge in [0.1, 0.15) is 37.1 Å². The Morgan fingerprint density at radius 3 is 2.90 bits per heavy atom. The normalized spacial score (nSPS) is 18.0. The van der Waals surface area contributed by atoms with Crippen LogP contribution in [0.1, 0.15) is 0 Å². The summed E-state index contributed by atoms with van der Waals surface area (Å²) < 4.78 is 5.33. The molecular weight excluding hydrogens is 286 g/mol. The van der Waals surface area contributed by atoms with Crippen molar-refractivity contribution in [2.24, 2.45) is 0 Å². The number of aromatic nitrogens is 2. The summed E-state index contributed by atoms with van der Waals surface area (Å²) in [5, 5.41) is 12.2. The molecule has 1 fully saturated rings. The first kappa shape index (κ1) is 14.7. The topological polar surface area (TPSA) is 59.7 Å². The third kappa shape index (κ3) is 3.91. The van der Waals surface area contributed by atoms with Crippen LogP contribution in [0.5, 0.6) is 0 Å². The van der Waals surface area contributed by atoms with Crippen molar-refractivity contribution < 1.29 is 14.7 Å². The molecule has 2 aromatic rings. The van der Waals surface area contributed by atoms with E-state index >= 15 is 0 Å². The smallest absolute Gasteiger partial charge is 0.117 e. The van der Waals surface area contributed by atoms with Crippen LogP contribution in [0.2, 0.25) is 0 Å². The second-order valence-electron chi connectivity index (χ2n) is 5.23. The standard InChI is InChI=1S/C15H19N3O2S/c19-12(9-18-5-7-20-8-6-18)10-21-15-13-3-1-2-4-14(13)16-11-17-15/h1-4,11-12,19H,5-10H2/p+1/t12-/m1/s1. The molecule has 0 radical (unpaired) electrons. The van der Waals surface area contributed by atoms with Gasteiger partial charge in [-0.3, -0.25) is 0 Å². The Kier molecular flexibility index (Phi) is 5.03. The number of aliphatic hydroxyl groups excluding tert-OH is 1. The molecule has 0 bridgehead atoms. The van der Waals surface area contributed by atoms with Gasteiger partial charge in [-0.05, 0) is 6.07 Å². The summed E-state index contributed by atoms with van der Waals surface area (Å²) in [5.74, 6) is 0.658. The van der Waals surface area contributed by atoms with Crippen molar-refractivity contribution in [2.75, 3.05) is 38.6 Å². The molecule has 0 aliphatic carbocycles. The Balaban J connectivity index is 1.58. The van der Waals surface area contributed by atoms with E-state index in [1.165, 1.54) is 4.90 Å². The lowest BCUT2D eigenvalue weighted by molar-refractivity contribution is -0.910. The van der Waals surface area contributed by atoms with Crippen LogP contribution in [0, 0.1) is 0 Å². The number of ether oxygens (including phenoxy) is 1. The number of hydrogen-bond donors (Lipinski definition) is 2. The van der Waals surface area contributed by atoms with Crippen LogP contribution >= 0.6 is 11.8 Å². The van der Waals surface area contributed by atoms with E-state index in [1.54, 1.807) is 18.1 Å². The molecule has 1 saturated heterocycles. The fourth-order valence-electron chi connectivity index (χ4n) is 2.53. The molecule has 1 aromatic carbocycles. The van der Waals surface area contributed by atoms with Gasteiger partial charge in [-0.25, -0.2) is 9.97 Å². The highest BCUT2D eigenvalue weighted by Gasteiger charge is 2.18. The van der Waals surface area contributed by atoms with Gasteiger partial charge in [0.2, 0.25) is 0 Å². The Morgan fingerprint density at radius 1 is 1.24 bits per heavy atom. The van der Waals surface area contributed by atoms with Gasteiger partial charge in [-0.1, -0.05) is 18.2 Å². The van der Waals surface area contributed by atoms with Gasteiger partial charge in [0.15, 0.2) is 0 Å². The predicted octanol–water partition coefficient (Wildman–Crippen LogP) is -0.00210. The van der Waals surface area contributed by atoms with E-state index < -0.39 is 0 Å². The van der Waals surface area contributed by atoms with Crippen LogP contribution in [0.3, 0.4) is 0 Å². The largest absolute Gasteiger partial charge is 0.386 e. The van der Waals surface area contributed by atoms with Crippen molar-refractivity contribution in [1.29, 1.82) is 0 Å². The molecule has 5 nitrogen and oxygen atoms in total. The van der Waals surface area contributed by atoms with Crippen molar-refractivity contribution in [2.45, 2.75) is 11.1 Å². The molecule has 1 aliphatic rings. The minimum atomic E-state index is -0.322. The number of morpholine rings is 1. The molecule has 1 aromatic heterocycles. The first-order valence-electron chi connectivity index (χ1n) is 7.25. The molecule has 2 N–H and O–H groups in total. The zero-order valence-corrected chi connectivity index (χ0v) is 12.7. The highest BCUT2D eigenvalue weighted by molar-refractivity contribution is 7.99. The summed E-state index contributed by atoms with van der Waals surface area (Å²) in [5.41, 5.74) is 0.947. The molecule has 3 rings (SSSR count). The van der Waals surface area contributed by atoms with Crippen molar-refractivity contribution in [1.82, 2.24) is 9.97 Å². The number of nitrogens with zero attached hydrogens (tertiary/aromatic N) is 2. The van der Waals surface area contributed by atoms with Crippen molar-refractivity contribution in [3.63, 3.8) is 0 Å². The molecule has 0 saturated carbocycles. The van der Waals surface area contributed by atoms with Crippen molar-refractivity contribution in [3.8, 4) is 0 Å². The Labute approximate surface area is 128 Å². The van der Waals surface area contributed by atoms with Gasteiger partial charge >= 0.3 is 0 Å². The molecule has 0 unspecified atom stereocenters. The average molecular weight is 306 g/mol. The molecule has 6 heteroatoms. The number of hydrogen-bond acceptors (Lipinski definition) is 5. The molecule has 0 amide bonds. The second kappa shape index (κ2) is 7.17. The number of para-hydroxylation sites is 1. The van der Waals surface area contributed by atoms with Gasteiger partial charge in [0, 0.05) is 11.1 Å². The highest BCUT2D eigenvalue weighted by atomic mass is 32.2. The molecule has 21 heavy (non-hydrogen) atoms. The Morgan fingerprint density at radius 2 is 2.05 bits per heavy atom. The van der Waals surface area contributed by atoms with Crippen molar-refractivity contribution >= 4 is 22.7 Å². The van der Waals surface area contributed by atoms with E-state index in [0.29, 0.717) is 5.75 Å². The zero-order chi connectivity index (χ0) is 14.5. The summed E-state index contributed by atoms with van der Waals surface area (Å²) in [7, 11) is 0. The quantitative estimate of drug-likeness (QED) is 0.601. The average Bonchev–Trinajstić information content (AvgIpc) is 2.54. The highest BCUT2D eigenvalue weighted by Crippen LogP contribution is 2.24. The molecule has 1 aliphatic heterocycles. The van der Waals surface area contributed by atoms with E-state index in [-0.39, 0.29) is 6.10 Å². The van der Waals surface area contributed by atoms with Crippen LogP contribution < -0.4 is 4.90 Å². The van der Waals surface area contributed by atoms with Crippen LogP contribution in [-0.4, -0.2) is 59.8 Å². The number of quaternary nitrogens is 1. The van der Waals surface area contributed by atoms with Gasteiger partial charge in [-0.2, -0.15) is 0 Å². The summed E-state index contributed by atoms with van der Waals surface area (Å²) in [6.45, 7) is 4.34. The molecular formula is C15H20N3O2S+. The van der Waals surface area contributed by atoms with E-state index in [4.69, 9.17) is 4.74 Å². The molecule has 112 valence electrons. The van der Waals surface area contributed by atoms with E-state index in [9.17, 15) is 5.11 Å². The number of aliphatic hydroxyl groups is 1. The number of benzene rings is 1. The van der Waals surface area contributed by atoms with E-state index in [0.717, 1.165) is 48.8 Å². The number of thioether (sulfide) groups is 1. The first-order valence-corrected chi connectivity index (χ1v) is 8.23. The maximum absolute atomic E-state index is 10.2. The number of rotatable bonds is 5. The summed E-state index contributed by atoms with van der Waals surface area (Å²) in [6.07, 6.45) is 1.27. The van der Waals surface area contributed by atoms with Crippen LogP contribution in [0.15, 0.2) is 35.6 Å². The molecule has 2 heterocycles. The summed E-state index contributed by atoms with van der Waals surface area (Å²) in [6, 6.07) is 7.97. The van der Waals surface area contributed by atoms with Gasteiger partial charge < -0.3 is 14.7 Å². The second-order valence-corrected chi connectivity index (χ2v) is 6.24. The lowest BCUT2D eigenvalue weighted by Crippen LogP contribution is -3.15. The zero-order valence-electron chi connectivity index (χ0n) is 11.9. The van der Waals surface area contributed by atoms with Gasteiger partial charge in [0.05, 0.1) is 18.7 Å².